The first-order valence-corrected chi connectivity index (χ1v) is 6.40. The van der Waals surface area contributed by atoms with Gasteiger partial charge in [-0.2, -0.15) is 0 Å². The Morgan fingerprint density at radius 2 is 1.93 bits per heavy atom. The van der Waals surface area contributed by atoms with Gasteiger partial charge in [-0.1, -0.05) is 19.8 Å². The van der Waals surface area contributed by atoms with Crippen LogP contribution >= 0.6 is 0 Å². The summed E-state index contributed by atoms with van der Waals surface area (Å²) >= 11 is 0. The van der Waals surface area contributed by atoms with Crippen LogP contribution in [-0.2, 0) is 9.53 Å². The van der Waals surface area contributed by atoms with Crippen molar-refractivity contribution in [3.05, 3.63) is 0 Å². The van der Waals surface area contributed by atoms with Crippen molar-refractivity contribution in [2.24, 2.45) is 11.8 Å². The van der Waals surface area contributed by atoms with Gasteiger partial charge in [0.25, 0.3) is 0 Å². The molecule has 0 amide bonds. The monoisotopic (exact) mass is 210 g/mol. The summed E-state index contributed by atoms with van der Waals surface area (Å²) in [6.45, 7) is 3.15. The Morgan fingerprint density at radius 1 is 1.20 bits per heavy atom. The normalized spacial score (nSPS) is 36.7. The lowest BCUT2D eigenvalue weighted by Gasteiger charge is -2.25. The van der Waals surface area contributed by atoms with E-state index < -0.39 is 0 Å². The van der Waals surface area contributed by atoms with E-state index in [0.29, 0.717) is 18.1 Å². The quantitative estimate of drug-likeness (QED) is 0.716. The lowest BCUT2D eigenvalue weighted by molar-refractivity contribution is -0.126. The Bertz CT molecular complexity index is 211. The molecule has 0 spiro atoms. The van der Waals surface area contributed by atoms with E-state index in [-0.39, 0.29) is 6.10 Å². The highest BCUT2D eigenvalue weighted by atomic mass is 16.5. The number of Topliss-reactive ketones (excluding diaryl/α,β-unsaturated/α-hetero) is 1. The summed E-state index contributed by atoms with van der Waals surface area (Å²) in [5.74, 6) is 1.65. The molecule has 1 atom stereocenters. The highest BCUT2D eigenvalue weighted by Crippen LogP contribution is 2.30. The number of hydrogen-bond donors (Lipinski definition) is 0. The van der Waals surface area contributed by atoms with Crippen molar-refractivity contribution in [1.82, 2.24) is 0 Å². The van der Waals surface area contributed by atoms with Crippen molar-refractivity contribution in [1.29, 1.82) is 0 Å². The molecule has 2 aliphatic rings. The Morgan fingerprint density at radius 3 is 2.53 bits per heavy atom. The van der Waals surface area contributed by atoms with Crippen LogP contribution in [0, 0.1) is 11.8 Å². The molecular weight excluding hydrogens is 188 g/mol. The van der Waals surface area contributed by atoms with Crippen LogP contribution in [0.1, 0.15) is 51.9 Å². The first-order valence-electron chi connectivity index (χ1n) is 6.40. The van der Waals surface area contributed by atoms with Crippen LogP contribution < -0.4 is 0 Å². The van der Waals surface area contributed by atoms with E-state index in [1.165, 1.54) is 12.8 Å². The minimum Gasteiger partial charge on any atom is -0.378 e. The zero-order valence-corrected chi connectivity index (χ0v) is 9.71. The Balaban J connectivity index is 1.75. The van der Waals surface area contributed by atoms with Gasteiger partial charge in [-0.3, -0.25) is 4.79 Å². The lowest BCUT2D eigenvalue weighted by atomic mass is 9.80. The maximum Gasteiger partial charge on any atom is 0.138 e. The molecule has 1 unspecified atom stereocenters. The molecule has 1 aliphatic heterocycles. The van der Waals surface area contributed by atoms with Crippen LogP contribution in [0.5, 0.6) is 0 Å². The van der Waals surface area contributed by atoms with Crippen molar-refractivity contribution in [3.63, 3.8) is 0 Å². The molecule has 1 aliphatic carbocycles. The van der Waals surface area contributed by atoms with Gasteiger partial charge in [-0.15, -0.1) is 0 Å². The number of carbonyl (C=O) groups is 1. The summed E-state index contributed by atoms with van der Waals surface area (Å²) < 4.78 is 5.51. The summed E-state index contributed by atoms with van der Waals surface area (Å²) in [7, 11) is 0. The smallest absolute Gasteiger partial charge is 0.138 e. The molecule has 0 radical (unpaired) electrons. The molecule has 2 nitrogen and oxygen atoms in total. The third-order valence-corrected chi connectivity index (χ3v) is 3.92. The first kappa shape index (κ1) is 11.1. The average molecular weight is 210 g/mol. The van der Waals surface area contributed by atoms with Crippen LogP contribution in [0.3, 0.4) is 0 Å². The summed E-state index contributed by atoms with van der Waals surface area (Å²) in [5, 5.41) is 0. The Hall–Kier alpha value is -0.370. The summed E-state index contributed by atoms with van der Waals surface area (Å²) in [5.41, 5.74) is 0. The Labute approximate surface area is 92.4 Å². The number of carbonyl (C=O) groups excluding carboxylic acids is 1. The molecular formula is C13H22O2. The van der Waals surface area contributed by atoms with E-state index in [0.717, 1.165) is 38.2 Å². The minimum atomic E-state index is 0.247. The number of hydrogen-bond acceptors (Lipinski definition) is 2. The van der Waals surface area contributed by atoms with Crippen molar-refractivity contribution in [2.75, 3.05) is 6.61 Å². The van der Waals surface area contributed by atoms with Crippen LogP contribution in [0.2, 0.25) is 0 Å². The molecule has 0 N–H and O–H groups in total. The number of ether oxygens (including phenoxy) is 1. The molecule has 0 aromatic heterocycles. The molecule has 1 heterocycles. The predicted octanol–water partition coefficient (Wildman–Crippen LogP) is 2.95. The van der Waals surface area contributed by atoms with Crippen LogP contribution in [0.25, 0.3) is 0 Å². The van der Waals surface area contributed by atoms with Crippen LogP contribution in [0.4, 0.5) is 0 Å². The zero-order chi connectivity index (χ0) is 10.7. The summed E-state index contributed by atoms with van der Waals surface area (Å²) in [6, 6.07) is 0. The fraction of sp³-hybridized carbons (Fsp3) is 0.923. The highest BCUT2D eigenvalue weighted by Gasteiger charge is 2.27. The highest BCUT2D eigenvalue weighted by molar-refractivity contribution is 5.81. The molecule has 0 bridgehead atoms. The second-order valence-electron chi connectivity index (χ2n) is 5.26. The van der Waals surface area contributed by atoms with Crippen LogP contribution in [0.15, 0.2) is 0 Å². The SMILES string of the molecule is CC1CCC(C(=O)CC2CCCO2)CC1. The molecule has 2 rings (SSSR count). The molecule has 86 valence electrons. The van der Waals surface area contributed by atoms with Gasteiger partial charge in [-0.05, 0) is 31.6 Å². The van der Waals surface area contributed by atoms with Crippen molar-refractivity contribution in [3.8, 4) is 0 Å². The Kier molecular flexibility index (Phi) is 3.79. The van der Waals surface area contributed by atoms with E-state index in [1.807, 2.05) is 0 Å². The second kappa shape index (κ2) is 5.11. The topological polar surface area (TPSA) is 26.3 Å². The fourth-order valence-corrected chi connectivity index (χ4v) is 2.78. The van der Waals surface area contributed by atoms with Gasteiger partial charge in [0.1, 0.15) is 5.78 Å². The third kappa shape index (κ3) is 3.04. The predicted molar refractivity (Wildman–Crippen MR) is 59.7 cm³/mol. The summed E-state index contributed by atoms with van der Waals surface area (Å²) in [6.07, 6.45) is 7.87. The number of rotatable bonds is 3. The maximum atomic E-state index is 12.0. The molecule has 2 fully saturated rings. The zero-order valence-electron chi connectivity index (χ0n) is 9.71. The minimum absolute atomic E-state index is 0.247. The lowest BCUT2D eigenvalue weighted by Crippen LogP contribution is -2.24. The number of ketones is 1. The molecule has 0 aromatic rings. The van der Waals surface area contributed by atoms with Gasteiger partial charge >= 0.3 is 0 Å². The van der Waals surface area contributed by atoms with E-state index in [9.17, 15) is 4.79 Å². The van der Waals surface area contributed by atoms with E-state index in [2.05, 4.69) is 6.92 Å². The maximum absolute atomic E-state index is 12.0. The van der Waals surface area contributed by atoms with Gasteiger partial charge in [0.2, 0.25) is 0 Å². The average Bonchev–Trinajstić information content (AvgIpc) is 2.71. The van der Waals surface area contributed by atoms with Crippen molar-refractivity contribution in [2.45, 2.75) is 58.0 Å². The second-order valence-corrected chi connectivity index (χ2v) is 5.26. The van der Waals surface area contributed by atoms with Gasteiger partial charge < -0.3 is 4.74 Å². The van der Waals surface area contributed by atoms with E-state index in [4.69, 9.17) is 4.74 Å². The molecule has 1 saturated carbocycles. The van der Waals surface area contributed by atoms with Gasteiger partial charge in [-0.25, -0.2) is 0 Å². The van der Waals surface area contributed by atoms with Crippen molar-refractivity contribution >= 4 is 5.78 Å². The van der Waals surface area contributed by atoms with Gasteiger partial charge in [0.05, 0.1) is 6.10 Å². The first-order chi connectivity index (χ1) is 7.25. The molecule has 2 heteroatoms. The van der Waals surface area contributed by atoms with Crippen molar-refractivity contribution < 1.29 is 9.53 Å². The van der Waals surface area contributed by atoms with Gasteiger partial charge in [0.15, 0.2) is 0 Å². The summed E-state index contributed by atoms with van der Waals surface area (Å²) in [4.78, 5) is 12.0. The van der Waals surface area contributed by atoms with Gasteiger partial charge in [0, 0.05) is 18.9 Å². The van der Waals surface area contributed by atoms with E-state index in [1.54, 1.807) is 0 Å². The molecule has 1 saturated heterocycles. The molecule has 0 aromatic carbocycles. The fourth-order valence-electron chi connectivity index (χ4n) is 2.78. The van der Waals surface area contributed by atoms with Crippen LogP contribution in [-0.4, -0.2) is 18.5 Å². The van der Waals surface area contributed by atoms with E-state index >= 15 is 0 Å². The molecule has 15 heavy (non-hydrogen) atoms. The largest absolute Gasteiger partial charge is 0.378 e. The standard InChI is InChI=1S/C13H22O2/c1-10-4-6-11(7-5-10)13(14)9-12-3-2-8-15-12/h10-12H,2-9H2,1H3. The third-order valence-electron chi connectivity index (χ3n) is 3.92.